The summed E-state index contributed by atoms with van der Waals surface area (Å²) >= 11 is 5.79. The third-order valence-corrected chi connectivity index (χ3v) is 2.87. The SMILES string of the molecule is CNC(=O)Cc1cnc(-c2ccc(Cl)cc2)[nH]c1=O. The van der Waals surface area contributed by atoms with E-state index in [0.717, 1.165) is 5.56 Å². The predicted octanol–water partition coefficient (Wildman–Crippen LogP) is 1.38. The highest BCUT2D eigenvalue weighted by Gasteiger charge is 2.08. The van der Waals surface area contributed by atoms with Crippen molar-refractivity contribution in [3.8, 4) is 11.4 Å². The topological polar surface area (TPSA) is 74.8 Å². The van der Waals surface area contributed by atoms with Crippen LogP contribution in [0.25, 0.3) is 11.4 Å². The Labute approximate surface area is 114 Å². The van der Waals surface area contributed by atoms with Gasteiger partial charge in [-0.25, -0.2) is 4.98 Å². The molecule has 1 aromatic heterocycles. The van der Waals surface area contributed by atoms with E-state index in [1.54, 1.807) is 24.3 Å². The van der Waals surface area contributed by atoms with E-state index in [1.165, 1.54) is 13.2 Å². The minimum atomic E-state index is -0.316. The number of H-pyrrole nitrogens is 1. The van der Waals surface area contributed by atoms with E-state index < -0.39 is 0 Å². The van der Waals surface area contributed by atoms with Crippen LogP contribution in [-0.2, 0) is 11.2 Å². The number of amides is 1. The number of aromatic amines is 1. The third kappa shape index (κ3) is 3.20. The Kier molecular flexibility index (Phi) is 3.97. The van der Waals surface area contributed by atoms with E-state index >= 15 is 0 Å². The van der Waals surface area contributed by atoms with Gasteiger partial charge >= 0.3 is 0 Å². The third-order valence-electron chi connectivity index (χ3n) is 2.62. The zero-order valence-electron chi connectivity index (χ0n) is 10.2. The highest BCUT2D eigenvalue weighted by molar-refractivity contribution is 6.30. The van der Waals surface area contributed by atoms with Crippen LogP contribution in [0, 0.1) is 0 Å². The Balaban J connectivity index is 2.31. The zero-order chi connectivity index (χ0) is 13.8. The molecule has 1 amide bonds. The Bertz CT molecular complexity index is 650. The number of rotatable bonds is 3. The van der Waals surface area contributed by atoms with Gasteiger partial charge in [-0.05, 0) is 24.3 Å². The maximum Gasteiger partial charge on any atom is 0.254 e. The number of hydrogen-bond acceptors (Lipinski definition) is 3. The van der Waals surface area contributed by atoms with Crippen molar-refractivity contribution >= 4 is 17.5 Å². The minimum absolute atomic E-state index is 0.0136. The summed E-state index contributed by atoms with van der Waals surface area (Å²) in [6, 6.07) is 6.96. The normalized spacial score (nSPS) is 10.2. The molecule has 0 atom stereocenters. The van der Waals surface area contributed by atoms with Gasteiger partial charge in [-0.1, -0.05) is 11.6 Å². The van der Waals surface area contributed by atoms with E-state index in [0.29, 0.717) is 16.4 Å². The Morgan fingerprint density at radius 1 is 1.37 bits per heavy atom. The number of likely N-dealkylation sites (N-methyl/N-ethyl adjacent to an activating group) is 1. The average molecular weight is 278 g/mol. The molecule has 0 unspecified atom stereocenters. The van der Waals surface area contributed by atoms with E-state index in [2.05, 4.69) is 15.3 Å². The van der Waals surface area contributed by atoms with Crippen LogP contribution >= 0.6 is 11.6 Å². The van der Waals surface area contributed by atoms with Crippen LogP contribution in [-0.4, -0.2) is 22.9 Å². The quantitative estimate of drug-likeness (QED) is 0.890. The number of benzene rings is 1. The first-order valence-corrected chi connectivity index (χ1v) is 6.02. The molecule has 2 rings (SSSR count). The van der Waals surface area contributed by atoms with Gasteiger partial charge < -0.3 is 10.3 Å². The molecule has 0 saturated heterocycles. The summed E-state index contributed by atoms with van der Waals surface area (Å²) in [5, 5.41) is 3.07. The summed E-state index contributed by atoms with van der Waals surface area (Å²) < 4.78 is 0. The molecule has 5 nitrogen and oxygen atoms in total. The van der Waals surface area contributed by atoms with Crippen LogP contribution in [0.5, 0.6) is 0 Å². The van der Waals surface area contributed by atoms with Crippen LogP contribution in [0.3, 0.4) is 0 Å². The number of nitrogens with one attached hydrogen (secondary N) is 2. The Morgan fingerprint density at radius 3 is 2.63 bits per heavy atom. The van der Waals surface area contributed by atoms with Crippen molar-refractivity contribution in [2.45, 2.75) is 6.42 Å². The number of carbonyl (C=O) groups excluding carboxylic acids is 1. The van der Waals surface area contributed by atoms with E-state index in [4.69, 9.17) is 11.6 Å². The standard InChI is InChI=1S/C13H12ClN3O2/c1-15-11(18)6-9-7-16-12(17-13(9)19)8-2-4-10(14)5-3-8/h2-5,7H,6H2,1H3,(H,15,18)(H,16,17,19). The molecule has 19 heavy (non-hydrogen) atoms. The second-order valence-corrected chi connectivity index (χ2v) is 4.38. The number of nitrogens with zero attached hydrogens (tertiary/aromatic N) is 1. The van der Waals surface area contributed by atoms with Gasteiger partial charge in [0, 0.05) is 29.4 Å². The average Bonchev–Trinajstić information content (AvgIpc) is 2.41. The van der Waals surface area contributed by atoms with Crippen molar-refractivity contribution in [2.75, 3.05) is 7.05 Å². The lowest BCUT2D eigenvalue weighted by atomic mass is 10.2. The molecular weight excluding hydrogens is 266 g/mol. The summed E-state index contributed by atoms with van der Waals surface area (Å²) in [6.07, 6.45) is 1.43. The molecular formula is C13H12ClN3O2. The predicted molar refractivity (Wildman–Crippen MR) is 73.1 cm³/mol. The fraction of sp³-hybridized carbons (Fsp3) is 0.154. The number of carbonyl (C=O) groups is 1. The second-order valence-electron chi connectivity index (χ2n) is 3.94. The second kappa shape index (κ2) is 5.67. The molecule has 2 aromatic rings. The number of aromatic nitrogens is 2. The number of halogens is 1. The Hall–Kier alpha value is -2.14. The lowest BCUT2D eigenvalue weighted by Gasteiger charge is -2.03. The molecule has 2 N–H and O–H groups in total. The zero-order valence-corrected chi connectivity index (χ0v) is 11.0. The van der Waals surface area contributed by atoms with Crippen LogP contribution in [0.4, 0.5) is 0 Å². The Morgan fingerprint density at radius 2 is 2.05 bits per heavy atom. The minimum Gasteiger partial charge on any atom is -0.359 e. The van der Waals surface area contributed by atoms with Crippen LogP contribution < -0.4 is 10.9 Å². The highest BCUT2D eigenvalue weighted by Crippen LogP contribution is 2.16. The molecule has 0 saturated carbocycles. The maximum atomic E-state index is 11.8. The van der Waals surface area contributed by atoms with Crippen molar-refractivity contribution in [3.05, 3.63) is 51.4 Å². The molecule has 0 aliphatic rings. The smallest absolute Gasteiger partial charge is 0.254 e. The lowest BCUT2D eigenvalue weighted by molar-refractivity contribution is -0.119. The van der Waals surface area contributed by atoms with E-state index in [-0.39, 0.29) is 17.9 Å². The largest absolute Gasteiger partial charge is 0.359 e. The molecule has 0 aliphatic heterocycles. The lowest BCUT2D eigenvalue weighted by Crippen LogP contribution is -2.25. The van der Waals surface area contributed by atoms with Crippen LogP contribution in [0.15, 0.2) is 35.3 Å². The molecule has 0 spiro atoms. The van der Waals surface area contributed by atoms with Crippen molar-refractivity contribution in [2.24, 2.45) is 0 Å². The van der Waals surface area contributed by atoms with E-state index in [1.807, 2.05) is 0 Å². The van der Waals surface area contributed by atoms with Gasteiger partial charge in [0.15, 0.2) is 0 Å². The fourth-order valence-electron chi connectivity index (χ4n) is 1.56. The maximum absolute atomic E-state index is 11.8. The monoisotopic (exact) mass is 277 g/mol. The number of hydrogen-bond donors (Lipinski definition) is 2. The molecule has 0 fully saturated rings. The van der Waals surface area contributed by atoms with Crippen LogP contribution in [0.1, 0.15) is 5.56 Å². The molecule has 1 heterocycles. The summed E-state index contributed by atoms with van der Waals surface area (Å²) in [5.74, 6) is 0.217. The molecule has 0 bridgehead atoms. The van der Waals surface area contributed by atoms with Gasteiger partial charge in [-0.2, -0.15) is 0 Å². The molecule has 6 heteroatoms. The van der Waals surface area contributed by atoms with Crippen molar-refractivity contribution < 1.29 is 4.79 Å². The summed E-state index contributed by atoms with van der Waals surface area (Å²) in [7, 11) is 1.52. The van der Waals surface area contributed by atoms with Gasteiger partial charge in [-0.15, -0.1) is 0 Å². The van der Waals surface area contributed by atoms with Crippen molar-refractivity contribution in [1.82, 2.24) is 15.3 Å². The molecule has 1 aromatic carbocycles. The fourth-order valence-corrected chi connectivity index (χ4v) is 1.69. The van der Waals surface area contributed by atoms with Crippen molar-refractivity contribution in [3.63, 3.8) is 0 Å². The molecule has 0 radical (unpaired) electrons. The first-order valence-electron chi connectivity index (χ1n) is 5.65. The highest BCUT2D eigenvalue weighted by atomic mass is 35.5. The van der Waals surface area contributed by atoms with Gasteiger partial charge in [0.25, 0.3) is 5.56 Å². The first-order chi connectivity index (χ1) is 9.10. The molecule has 0 aliphatic carbocycles. The van der Waals surface area contributed by atoms with Gasteiger partial charge in [0.2, 0.25) is 5.91 Å². The van der Waals surface area contributed by atoms with Crippen molar-refractivity contribution in [1.29, 1.82) is 0 Å². The van der Waals surface area contributed by atoms with Crippen LogP contribution in [0.2, 0.25) is 5.02 Å². The molecule has 98 valence electrons. The first kappa shape index (κ1) is 13.3. The van der Waals surface area contributed by atoms with Gasteiger partial charge in [0.1, 0.15) is 5.82 Å². The van der Waals surface area contributed by atoms with E-state index in [9.17, 15) is 9.59 Å². The summed E-state index contributed by atoms with van der Waals surface area (Å²) in [5.41, 5.74) is 0.772. The van der Waals surface area contributed by atoms with Gasteiger partial charge in [-0.3, -0.25) is 9.59 Å². The van der Waals surface area contributed by atoms with Gasteiger partial charge in [0.05, 0.1) is 6.42 Å². The summed E-state index contributed by atoms with van der Waals surface area (Å²) in [4.78, 5) is 29.8. The summed E-state index contributed by atoms with van der Waals surface area (Å²) in [6.45, 7) is 0.